The summed E-state index contributed by atoms with van der Waals surface area (Å²) < 4.78 is 11.8. The average Bonchev–Trinajstić information content (AvgIpc) is 3.05. The summed E-state index contributed by atoms with van der Waals surface area (Å²) >= 11 is 2.08. The molecule has 1 aromatic heterocycles. The summed E-state index contributed by atoms with van der Waals surface area (Å²) in [4.78, 5) is 26.0. The Morgan fingerprint density at radius 2 is 2.08 bits per heavy atom. The first kappa shape index (κ1) is 17.1. The first-order valence-corrected chi connectivity index (χ1v) is 9.36. The number of para-hydroxylation sites is 1. The van der Waals surface area contributed by atoms with E-state index < -0.39 is 5.63 Å². The topological polar surface area (TPSA) is 59.8 Å². The van der Waals surface area contributed by atoms with E-state index in [4.69, 9.17) is 9.15 Å². The van der Waals surface area contributed by atoms with Crippen LogP contribution in [0.2, 0.25) is 0 Å². The molecule has 6 heteroatoms. The highest BCUT2D eigenvalue weighted by molar-refractivity contribution is 14.1. The number of anilines is 1. The van der Waals surface area contributed by atoms with Gasteiger partial charge in [0.2, 0.25) is 0 Å². The molecule has 1 aliphatic heterocycles. The predicted octanol–water partition coefficient (Wildman–Crippen LogP) is 3.67. The quantitative estimate of drug-likeness (QED) is 0.441. The number of carbonyl (C=O) groups is 1. The van der Waals surface area contributed by atoms with Gasteiger partial charge in [0.15, 0.2) is 12.2 Å². The Kier molecular flexibility index (Phi) is 4.44. The van der Waals surface area contributed by atoms with Gasteiger partial charge in [-0.25, -0.2) is 4.79 Å². The van der Waals surface area contributed by atoms with Crippen molar-refractivity contribution >= 4 is 45.2 Å². The van der Waals surface area contributed by atoms with Gasteiger partial charge in [0, 0.05) is 23.7 Å². The van der Waals surface area contributed by atoms with E-state index in [-0.39, 0.29) is 12.5 Å². The molecule has 4 rings (SSSR count). The van der Waals surface area contributed by atoms with E-state index in [2.05, 4.69) is 22.6 Å². The number of benzene rings is 2. The molecule has 2 aromatic carbocycles. The molecular weight excluding hydrogens is 445 g/mol. The predicted molar refractivity (Wildman–Crippen MR) is 108 cm³/mol. The van der Waals surface area contributed by atoms with Gasteiger partial charge in [0.05, 0.1) is 3.57 Å². The van der Waals surface area contributed by atoms with Crippen molar-refractivity contribution in [2.24, 2.45) is 0 Å². The van der Waals surface area contributed by atoms with Crippen LogP contribution in [0, 0.1) is 10.5 Å². The number of rotatable bonds is 3. The largest absolute Gasteiger partial charge is 0.483 e. The van der Waals surface area contributed by atoms with Crippen LogP contribution >= 0.6 is 22.6 Å². The molecule has 0 N–H and O–H groups in total. The van der Waals surface area contributed by atoms with Crippen molar-refractivity contribution in [1.29, 1.82) is 0 Å². The molecule has 0 unspecified atom stereocenters. The molecule has 0 spiro atoms. The summed E-state index contributed by atoms with van der Waals surface area (Å²) in [6, 6.07) is 13.0. The molecule has 0 fully saturated rings. The van der Waals surface area contributed by atoms with Crippen molar-refractivity contribution in [2.45, 2.75) is 13.3 Å². The Balaban J connectivity index is 1.56. The SMILES string of the molecule is Cc1cc(=O)oc2c(I)c(OCC(=O)N3CCc4ccccc43)ccc12. The van der Waals surface area contributed by atoms with E-state index in [1.165, 1.54) is 11.6 Å². The fourth-order valence-corrected chi connectivity index (χ4v) is 4.00. The molecule has 0 atom stereocenters. The number of ether oxygens (including phenoxy) is 1. The average molecular weight is 461 g/mol. The van der Waals surface area contributed by atoms with Gasteiger partial charge in [-0.1, -0.05) is 18.2 Å². The molecule has 1 aliphatic rings. The van der Waals surface area contributed by atoms with Crippen molar-refractivity contribution < 1.29 is 13.9 Å². The van der Waals surface area contributed by atoms with Crippen molar-refractivity contribution in [3.05, 3.63) is 67.6 Å². The Bertz CT molecular complexity index is 1070. The van der Waals surface area contributed by atoms with Crippen molar-refractivity contribution in [1.82, 2.24) is 0 Å². The van der Waals surface area contributed by atoms with Crippen LogP contribution in [0.5, 0.6) is 5.75 Å². The lowest BCUT2D eigenvalue weighted by molar-refractivity contribution is -0.120. The van der Waals surface area contributed by atoms with E-state index in [0.717, 1.165) is 23.1 Å². The lowest BCUT2D eigenvalue weighted by Gasteiger charge is -2.18. The second-order valence-electron chi connectivity index (χ2n) is 6.22. The van der Waals surface area contributed by atoms with E-state index >= 15 is 0 Å². The van der Waals surface area contributed by atoms with Gasteiger partial charge in [-0.15, -0.1) is 0 Å². The first-order chi connectivity index (χ1) is 12.5. The van der Waals surface area contributed by atoms with Crippen LogP contribution < -0.4 is 15.3 Å². The highest BCUT2D eigenvalue weighted by Gasteiger charge is 2.24. The fourth-order valence-electron chi connectivity index (χ4n) is 3.26. The molecule has 3 aromatic rings. The van der Waals surface area contributed by atoms with Crippen LogP contribution in [0.3, 0.4) is 0 Å². The van der Waals surface area contributed by atoms with Crippen molar-refractivity contribution in [3.63, 3.8) is 0 Å². The normalized spacial score (nSPS) is 13.1. The van der Waals surface area contributed by atoms with Crippen LogP contribution in [0.1, 0.15) is 11.1 Å². The van der Waals surface area contributed by atoms with Gasteiger partial charge >= 0.3 is 5.63 Å². The van der Waals surface area contributed by atoms with Gasteiger partial charge in [-0.2, -0.15) is 0 Å². The minimum absolute atomic E-state index is 0.0636. The Morgan fingerprint density at radius 3 is 2.92 bits per heavy atom. The van der Waals surface area contributed by atoms with E-state index in [1.54, 1.807) is 4.90 Å². The summed E-state index contributed by atoms with van der Waals surface area (Å²) in [6.45, 7) is 2.47. The zero-order valence-corrected chi connectivity index (χ0v) is 16.3. The molecule has 0 saturated carbocycles. The molecule has 1 amide bonds. The number of halogens is 1. The van der Waals surface area contributed by atoms with Crippen LogP contribution in [0.4, 0.5) is 5.69 Å². The lowest BCUT2D eigenvalue weighted by Crippen LogP contribution is -2.33. The number of aryl methyl sites for hydroxylation is 1. The number of carbonyl (C=O) groups excluding carboxylic acids is 1. The number of hydrogen-bond acceptors (Lipinski definition) is 4. The van der Waals surface area contributed by atoms with Gasteiger partial charge in [0.25, 0.3) is 5.91 Å². The third kappa shape index (κ3) is 2.98. The molecule has 0 aliphatic carbocycles. The van der Waals surface area contributed by atoms with E-state index in [1.807, 2.05) is 43.3 Å². The number of hydrogen-bond donors (Lipinski definition) is 0. The zero-order valence-electron chi connectivity index (χ0n) is 14.1. The van der Waals surface area contributed by atoms with Crippen molar-refractivity contribution in [3.8, 4) is 5.75 Å². The van der Waals surface area contributed by atoms with Crippen LogP contribution in [-0.4, -0.2) is 19.1 Å². The minimum atomic E-state index is -0.394. The van der Waals surface area contributed by atoms with Crippen molar-refractivity contribution in [2.75, 3.05) is 18.1 Å². The number of amides is 1. The van der Waals surface area contributed by atoms with Crippen LogP contribution in [0.15, 0.2) is 51.7 Å². The van der Waals surface area contributed by atoms with E-state index in [0.29, 0.717) is 21.4 Å². The molecular formula is C20H16INO4. The molecule has 2 heterocycles. The van der Waals surface area contributed by atoms with Crippen LogP contribution in [-0.2, 0) is 11.2 Å². The zero-order chi connectivity index (χ0) is 18.3. The maximum Gasteiger partial charge on any atom is 0.336 e. The number of fused-ring (bicyclic) bond motifs is 2. The molecule has 132 valence electrons. The minimum Gasteiger partial charge on any atom is -0.483 e. The number of nitrogens with zero attached hydrogens (tertiary/aromatic N) is 1. The fraction of sp³-hybridized carbons (Fsp3) is 0.200. The third-order valence-electron chi connectivity index (χ3n) is 4.56. The summed E-state index contributed by atoms with van der Waals surface area (Å²) in [5, 5.41) is 0.862. The second-order valence-corrected chi connectivity index (χ2v) is 7.29. The Morgan fingerprint density at radius 1 is 1.27 bits per heavy atom. The maximum atomic E-state index is 12.6. The third-order valence-corrected chi connectivity index (χ3v) is 5.58. The van der Waals surface area contributed by atoms with Gasteiger partial charge in [0.1, 0.15) is 5.75 Å². The molecule has 0 radical (unpaired) electrons. The molecule has 0 saturated heterocycles. The standard InChI is InChI=1S/C20H16INO4/c1-12-10-18(24)26-20-14(12)6-7-16(19(20)21)25-11-17(23)22-9-8-13-4-2-3-5-15(13)22/h2-7,10H,8-9,11H2,1H3. The molecule has 0 bridgehead atoms. The summed E-state index contributed by atoms with van der Waals surface area (Å²) in [6.07, 6.45) is 0.861. The summed E-state index contributed by atoms with van der Waals surface area (Å²) in [5.41, 5.74) is 3.08. The van der Waals surface area contributed by atoms with Gasteiger partial charge in [-0.05, 0) is 65.3 Å². The lowest BCUT2D eigenvalue weighted by atomic mass is 10.1. The molecule has 26 heavy (non-hydrogen) atoms. The first-order valence-electron chi connectivity index (χ1n) is 8.28. The maximum absolute atomic E-state index is 12.6. The van der Waals surface area contributed by atoms with Crippen LogP contribution in [0.25, 0.3) is 11.0 Å². The highest BCUT2D eigenvalue weighted by atomic mass is 127. The Hall–Kier alpha value is -2.35. The highest BCUT2D eigenvalue weighted by Crippen LogP contribution is 2.31. The smallest absolute Gasteiger partial charge is 0.336 e. The monoisotopic (exact) mass is 461 g/mol. The second kappa shape index (κ2) is 6.75. The van der Waals surface area contributed by atoms with E-state index in [9.17, 15) is 9.59 Å². The summed E-state index contributed by atoms with van der Waals surface area (Å²) in [7, 11) is 0. The van der Waals surface area contributed by atoms with Gasteiger partial charge < -0.3 is 14.1 Å². The Labute approximate surface area is 163 Å². The molecule has 5 nitrogen and oxygen atoms in total. The summed E-state index contributed by atoms with van der Waals surface area (Å²) in [5.74, 6) is 0.448. The van der Waals surface area contributed by atoms with Gasteiger partial charge in [-0.3, -0.25) is 4.79 Å².